The summed E-state index contributed by atoms with van der Waals surface area (Å²) in [6.45, 7) is 6.22. The number of urea groups is 1. The van der Waals surface area contributed by atoms with Crippen LogP contribution in [0.2, 0.25) is 0 Å². The zero-order valence-corrected chi connectivity index (χ0v) is 16.0. The number of aromatic nitrogens is 1. The number of carbonyl (C=O) groups excluding carboxylic acids is 1. The Bertz CT molecular complexity index is 733. The molecule has 2 aliphatic heterocycles. The van der Waals surface area contributed by atoms with Crippen LogP contribution in [0.15, 0.2) is 16.9 Å². The molecular formula is C21H31N3O2. The standard InChI is InChI=1S/C21H31N3O2/c1-14(2)22-21(26)23-11-15-10-17(13-23)19-9-8-18(20(25)24(19)12-15)16-6-4-3-5-7-16/h8-9,14-17H,3-7,10-13H2,1-2H3,(H,22,26)/t15-,17-/m1/s1. The first-order chi connectivity index (χ1) is 12.5. The molecule has 2 amide bonds. The zero-order valence-electron chi connectivity index (χ0n) is 16.0. The molecule has 1 aromatic rings. The molecule has 0 spiro atoms. The predicted octanol–water partition coefficient (Wildman–Crippen LogP) is 3.43. The Morgan fingerprint density at radius 2 is 1.85 bits per heavy atom. The number of carbonyl (C=O) groups is 1. The number of rotatable bonds is 2. The fraction of sp³-hybridized carbons (Fsp3) is 0.714. The van der Waals surface area contributed by atoms with E-state index in [1.54, 1.807) is 0 Å². The van der Waals surface area contributed by atoms with E-state index in [0.29, 0.717) is 11.8 Å². The Labute approximate surface area is 155 Å². The van der Waals surface area contributed by atoms with E-state index in [-0.39, 0.29) is 23.6 Å². The van der Waals surface area contributed by atoms with E-state index in [4.69, 9.17) is 0 Å². The van der Waals surface area contributed by atoms with Gasteiger partial charge in [0.1, 0.15) is 0 Å². The van der Waals surface area contributed by atoms with Gasteiger partial charge < -0.3 is 14.8 Å². The topological polar surface area (TPSA) is 54.3 Å². The maximum Gasteiger partial charge on any atom is 0.317 e. The molecule has 1 saturated carbocycles. The van der Waals surface area contributed by atoms with Gasteiger partial charge in [-0.05, 0) is 51.0 Å². The molecule has 1 aromatic heterocycles. The van der Waals surface area contributed by atoms with Crippen LogP contribution >= 0.6 is 0 Å². The maximum absolute atomic E-state index is 13.2. The molecule has 4 rings (SSSR count). The van der Waals surface area contributed by atoms with E-state index in [1.165, 1.54) is 19.3 Å². The second kappa shape index (κ2) is 7.09. The van der Waals surface area contributed by atoms with Crippen molar-refractivity contribution in [3.8, 4) is 0 Å². The van der Waals surface area contributed by atoms with Crippen molar-refractivity contribution in [2.45, 2.75) is 76.8 Å². The number of piperidine rings is 1. The lowest BCUT2D eigenvalue weighted by Gasteiger charge is -2.43. The monoisotopic (exact) mass is 357 g/mol. The molecule has 0 radical (unpaired) electrons. The van der Waals surface area contributed by atoms with E-state index in [0.717, 1.165) is 50.2 Å². The molecule has 142 valence electrons. The van der Waals surface area contributed by atoms with Gasteiger partial charge >= 0.3 is 6.03 Å². The van der Waals surface area contributed by atoms with Gasteiger partial charge in [-0.2, -0.15) is 0 Å². The van der Waals surface area contributed by atoms with Gasteiger partial charge in [-0.1, -0.05) is 25.3 Å². The van der Waals surface area contributed by atoms with E-state index in [9.17, 15) is 9.59 Å². The second-order valence-electron chi connectivity index (χ2n) is 8.77. The minimum atomic E-state index is 0.0318. The minimum Gasteiger partial charge on any atom is -0.336 e. The summed E-state index contributed by atoms with van der Waals surface area (Å²) in [5.41, 5.74) is 2.40. The van der Waals surface area contributed by atoms with Crippen molar-refractivity contribution in [3.63, 3.8) is 0 Å². The van der Waals surface area contributed by atoms with E-state index in [2.05, 4.69) is 17.4 Å². The summed E-state index contributed by atoms with van der Waals surface area (Å²) in [5, 5.41) is 3.01. The van der Waals surface area contributed by atoms with Gasteiger partial charge in [0.15, 0.2) is 0 Å². The summed E-state index contributed by atoms with van der Waals surface area (Å²) in [4.78, 5) is 27.5. The molecule has 1 aliphatic carbocycles. The normalized spacial score (nSPS) is 25.9. The highest BCUT2D eigenvalue weighted by Crippen LogP contribution is 2.37. The summed E-state index contributed by atoms with van der Waals surface area (Å²) in [6, 6.07) is 4.45. The molecule has 2 fully saturated rings. The number of pyridine rings is 1. The number of hydrogen-bond acceptors (Lipinski definition) is 2. The van der Waals surface area contributed by atoms with Crippen molar-refractivity contribution < 1.29 is 4.79 Å². The number of amides is 2. The number of fused-ring (bicyclic) bond motifs is 4. The van der Waals surface area contributed by atoms with Crippen LogP contribution in [0.5, 0.6) is 0 Å². The third-order valence-electron chi connectivity index (χ3n) is 6.38. The number of hydrogen-bond donors (Lipinski definition) is 1. The second-order valence-corrected chi connectivity index (χ2v) is 8.77. The van der Waals surface area contributed by atoms with Crippen molar-refractivity contribution in [1.29, 1.82) is 0 Å². The number of nitrogens with one attached hydrogen (secondary N) is 1. The lowest BCUT2D eigenvalue weighted by Crippen LogP contribution is -2.53. The lowest BCUT2D eigenvalue weighted by molar-refractivity contribution is 0.129. The molecule has 1 saturated heterocycles. The lowest BCUT2D eigenvalue weighted by atomic mass is 9.81. The van der Waals surface area contributed by atoms with Gasteiger partial charge in [-0.15, -0.1) is 0 Å². The van der Waals surface area contributed by atoms with Crippen molar-refractivity contribution in [2.75, 3.05) is 13.1 Å². The van der Waals surface area contributed by atoms with Gasteiger partial charge in [-0.3, -0.25) is 4.79 Å². The quantitative estimate of drug-likeness (QED) is 0.881. The summed E-state index contributed by atoms with van der Waals surface area (Å²) in [6.07, 6.45) is 7.21. The van der Waals surface area contributed by atoms with E-state index < -0.39 is 0 Å². The summed E-state index contributed by atoms with van der Waals surface area (Å²) < 4.78 is 2.04. The minimum absolute atomic E-state index is 0.0318. The predicted molar refractivity (Wildman–Crippen MR) is 103 cm³/mol. The van der Waals surface area contributed by atoms with Gasteiger partial charge in [0.25, 0.3) is 5.56 Å². The third-order valence-corrected chi connectivity index (χ3v) is 6.38. The average Bonchev–Trinajstić information content (AvgIpc) is 2.62. The van der Waals surface area contributed by atoms with Crippen LogP contribution in [0.3, 0.4) is 0 Å². The van der Waals surface area contributed by atoms with Gasteiger partial charge in [0, 0.05) is 42.9 Å². The van der Waals surface area contributed by atoms with Crippen LogP contribution in [0.4, 0.5) is 4.79 Å². The fourth-order valence-electron chi connectivity index (χ4n) is 5.19. The van der Waals surface area contributed by atoms with Crippen LogP contribution in [0.1, 0.15) is 75.5 Å². The molecular weight excluding hydrogens is 326 g/mol. The van der Waals surface area contributed by atoms with Crippen molar-refractivity contribution in [3.05, 3.63) is 33.7 Å². The molecule has 5 nitrogen and oxygen atoms in total. The molecule has 2 atom stereocenters. The van der Waals surface area contributed by atoms with Crippen LogP contribution in [-0.4, -0.2) is 34.6 Å². The SMILES string of the molecule is CC(C)NC(=O)N1C[C@H]2C[C@H](C1)c1ccc(C3CCCCC3)c(=O)n1C2. The first-order valence-electron chi connectivity index (χ1n) is 10.3. The molecule has 3 aliphatic rings. The van der Waals surface area contributed by atoms with Crippen molar-refractivity contribution >= 4 is 6.03 Å². The highest BCUT2D eigenvalue weighted by molar-refractivity contribution is 5.74. The number of nitrogens with zero attached hydrogens (tertiary/aromatic N) is 2. The zero-order chi connectivity index (χ0) is 18.3. The first-order valence-corrected chi connectivity index (χ1v) is 10.3. The Balaban J connectivity index is 1.58. The van der Waals surface area contributed by atoms with E-state index >= 15 is 0 Å². The van der Waals surface area contributed by atoms with Crippen LogP contribution < -0.4 is 10.9 Å². The van der Waals surface area contributed by atoms with E-state index in [1.807, 2.05) is 23.3 Å². The maximum atomic E-state index is 13.2. The Morgan fingerprint density at radius 1 is 1.08 bits per heavy atom. The summed E-state index contributed by atoms with van der Waals surface area (Å²) in [5.74, 6) is 1.12. The molecule has 5 heteroatoms. The Hall–Kier alpha value is -1.78. The fourth-order valence-corrected chi connectivity index (χ4v) is 5.19. The highest BCUT2D eigenvalue weighted by atomic mass is 16.2. The van der Waals surface area contributed by atoms with Crippen molar-refractivity contribution in [2.24, 2.45) is 5.92 Å². The van der Waals surface area contributed by atoms with Gasteiger partial charge in [0.05, 0.1) is 0 Å². The number of likely N-dealkylation sites (tertiary alicyclic amines) is 1. The Morgan fingerprint density at radius 3 is 2.58 bits per heavy atom. The summed E-state index contributed by atoms with van der Waals surface area (Å²) in [7, 11) is 0. The average molecular weight is 357 g/mol. The summed E-state index contributed by atoms with van der Waals surface area (Å²) >= 11 is 0. The molecule has 0 aromatic carbocycles. The van der Waals surface area contributed by atoms with Crippen LogP contribution in [0.25, 0.3) is 0 Å². The molecule has 0 unspecified atom stereocenters. The Kier molecular flexibility index (Phi) is 4.80. The molecule has 3 heterocycles. The van der Waals surface area contributed by atoms with Crippen LogP contribution in [0, 0.1) is 5.92 Å². The first kappa shape index (κ1) is 17.6. The largest absolute Gasteiger partial charge is 0.336 e. The highest BCUT2D eigenvalue weighted by Gasteiger charge is 2.37. The van der Waals surface area contributed by atoms with Gasteiger partial charge in [0.2, 0.25) is 0 Å². The molecule has 26 heavy (non-hydrogen) atoms. The molecule has 2 bridgehead atoms. The van der Waals surface area contributed by atoms with Crippen LogP contribution in [-0.2, 0) is 6.54 Å². The third kappa shape index (κ3) is 3.28. The smallest absolute Gasteiger partial charge is 0.317 e. The van der Waals surface area contributed by atoms with Gasteiger partial charge in [-0.25, -0.2) is 4.79 Å². The molecule has 1 N–H and O–H groups in total. The van der Waals surface area contributed by atoms with Crippen molar-refractivity contribution in [1.82, 2.24) is 14.8 Å².